The van der Waals surface area contributed by atoms with E-state index in [4.69, 9.17) is 0 Å². The molecule has 0 radical (unpaired) electrons. The fraction of sp³-hybridized carbons (Fsp3) is 0.300. The number of fused-ring (bicyclic) bond motifs is 1. The summed E-state index contributed by atoms with van der Waals surface area (Å²) < 4.78 is 0. The lowest BCUT2D eigenvalue weighted by atomic mass is 9.99. The molecule has 5 nitrogen and oxygen atoms in total. The van der Waals surface area contributed by atoms with Crippen LogP contribution in [0.3, 0.4) is 0 Å². The second kappa shape index (κ2) is 6.61. The molecule has 1 aliphatic rings. The highest BCUT2D eigenvalue weighted by Crippen LogP contribution is 2.33. The van der Waals surface area contributed by atoms with Gasteiger partial charge in [-0.25, -0.2) is 4.79 Å². The number of aryl methyl sites for hydroxylation is 1. The van der Waals surface area contributed by atoms with Crippen LogP contribution >= 0.6 is 11.3 Å². The Hall–Kier alpha value is -2.60. The maximum Gasteiger partial charge on any atom is 0.324 e. The minimum absolute atomic E-state index is 0.0204. The first-order valence-electron chi connectivity index (χ1n) is 8.75. The van der Waals surface area contributed by atoms with E-state index in [1.165, 1.54) is 0 Å². The standard InChI is InChI=1S/C20H22N4OS/c1-13-6-4-7-15(10-13)23(3)20(25)24-12-16-17(11-14(24)2)21-22-19(16)18-8-5-9-26-18/h4-10,14H,11-12H2,1-3H3,(H,21,22). The lowest BCUT2D eigenvalue weighted by Crippen LogP contribution is -2.48. The van der Waals surface area contributed by atoms with Gasteiger partial charge in [-0.05, 0) is 43.0 Å². The highest BCUT2D eigenvalue weighted by Gasteiger charge is 2.32. The van der Waals surface area contributed by atoms with E-state index in [0.717, 1.165) is 39.5 Å². The molecule has 26 heavy (non-hydrogen) atoms. The zero-order valence-corrected chi connectivity index (χ0v) is 16.0. The minimum Gasteiger partial charge on any atom is -0.317 e. The van der Waals surface area contributed by atoms with Gasteiger partial charge in [0.15, 0.2) is 0 Å². The quantitative estimate of drug-likeness (QED) is 0.728. The Kier molecular flexibility index (Phi) is 4.28. The molecular formula is C20H22N4OS. The first kappa shape index (κ1) is 16.8. The molecule has 6 heteroatoms. The summed E-state index contributed by atoms with van der Waals surface area (Å²) in [5, 5.41) is 9.75. The van der Waals surface area contributed by atoms with Crippen LogP contribution in [0.4, 0.5) is 10.5 Å². The second-order valence-electron chi connectivity index (χ2n) is 6.87. The highest BCUT2D eigenvalue weighted by atomic mass is 32.1. The van der Waals surface area contributed by atoms with Crippen molar-refractivity contribution in [1.29, 1.82) is 0 Å². The van der Waals surface area contributed by atoms with E-state index in [1.807, 2.05) is 49.2 Å². The van der Waals surface area contributed by atoms with Gasteiger partial charge in [-0.1, -0.05) is 18.2 Å². The van der Waals surface area contributed by atoms with E-state index in [-0.39, 0.29) is 12.1 Å². The minimum atomic E-state index is 0.0204. The van der Waals surface area contributed by atoms with Gasteiger partial charge in [0.25, 0.3) is 0 Å². The Morgan fingerprint density at radius 2 is 2.19 bits per heavy atom. The predicted molar refractivity (Wildman–Crippen MR) is 106 cm³/mol. The maximum absolute atomic E-state index is 13.2. The number of carbonyl (C=O) groups is 1. The second-order valence-corrected chi connectivity index (χ2v) is 7.82. The number of nitrogens with one attached hydrogen (secondary N) is 1. The number of amides is 2. The number of hydrogen-bond donors (Lipinski definition) is 1. The van der Waals surface area contributed by atoms with Crippen LogP contribution in [0.15, 0.2) is 41.8 Å². The van der Waals surface area contributed by atoms with Crippen LogP contribution in [0, 0.1) is 6.92 Å². The van der Waals surface area contributed by atoms with Gasteiger partial charge in [0, 0.05) is 36.5 Å². The molecule has 0 fully saturated rings. The number of rotatable bonds is 2. The lowest BCUT2D eigenvalue weighted by molar-refractivity contribution is 0.176. The Labute approximate surface area is 157 Å². The van der Waals surface area contributed by atoms with Crippen molar-refractivity contribution in [3.05, 3.63) is 58.6 Å². The van der Waals surface area contributed by atoms with Gasteiger partial charge in [-0.3, -0.25) is 10.00 Å². The number of nitrogens with zero attached hydrogens (tertiary/aromatic N) is 3. The smallest absolute Gasteiger partial charge is 0.317 e. The molecule has 1 unspecified atom stereocenters. The summed E-state index contributed by atoms with van der Waals surface area (Å²) >= 11 is 1.67. The van der Waals surface area contributed by atoms with Crippen LogP contribution in [-0.2, 0) is 13.0 Å². The Balaban J connectivity index is 1.62. The normalized spacial score (nSPS) is 16.4. The van der Waals surface area contributed by atoms with Crippen LogP contribution in [0.1, 0.15) is 23.7 Å². The summed E-state index contributed by atoms with van der Waals surface area (Å²) in [6.07, 6.45) is 0.793. The molecule has 134 valence electrons. The topological polar surface area (TPSA) is 52.2 Å². The molecule has 0 saturated carbocycles. The number of anilines is 1. The number of benzene rings is 1. The van der Waals surface area contributed by atoms with E-state index in [9.17, 15) is 4.79 Å². The Morgan fingerprint density at radius 3 is 2.92 bits per heavy atom. The average molecular weight is 366 g/mol. The summed E-state index contributed by atoms with van der Waals surface area (Å²) in [5.74, 6) is 0. The largest absolute Gasteiger partial charge is 0.324 e. The van der Waals surface area contributed by atoms with E-state index >= 15 is 0 Å². The molecule has 0 saturated heterocycles. The molecule has 2 amide bonds. The number of aromatic nitrogens is 2. The summed E-state index contributed by atoms with van der Waals surface area (Å²) in [5.41, 5.74) is 5.31. The molecule has 0 bridgehead atoms. The Bertz CT molecular complexity index is 931. The van der Waals surface area contributed by atoms with Gasteiger partial charge in [0.1, 0.15) is 5.69 Å². The van der Waals surface area contributed by atoms with Crippen molar-refractivity contribution in [2.75, 3.05) is 11.9 Å². The fourth-order valence-electron chi connectivity index (χ4n) is 3.49. The average Bonchev–Trinajstić information content (AvgIpc) is 3.28. The molecule has 3 heterocycles. The van der Waals surface area contributed by atoms with Gasteiger partial charge in [-0.2, -0.15) is 5.10 Å². The molecule has 4 rings (SSSR count). The number of aromatic amines is 1. The number of hydrogen-bond acceptors (Lipinski definition) is 3. The van der Waals surface area contributed by atoms with Gasteiger partial charge in [0.2, 0.25) is 0 Å². The van der Waals surface area contributed by atoms with Crippen LogP contribution < -0.4 is 4.90 Å². The Morgan fingerprint density at radius 1 is 1.35 bits per heavy atom. The van der Waals surface area contributed by atoms with Crippen LogP contribution in [0.25, 0.3) is 10.6 Å². The molecule has 1 atom stereocenters. The molecule has 1 aromatic carbocycles. The van der Waals surface area contributed by atoms with Crippen molar-refractivity contribution in [3.8, 4) is 10.6 Å². The summed E-state index contributed by atoms with van der Waals surface area (Å²) in [7, 11) is 1.84. The number of carbonyl (C=O) groups excluding carboxylic acids is 1. The van der Waals surface area contributed by atoms with Crippen LogP contribution in [-0.4, -0.2) is 34.2 Å². The van der Waals surface area contributed by atoms with E-state index in [1.54, 1.807) is 16.2 Å². The van der Waals surface area contributed by atoms with Gasteiger partial charge in [-0.15, -0.1) is 11.3 Å². The molecule has 3 aromatic rings. The molecule has 2 aromatic heterocycles. The van der Waals surface area contributed by atoms with Gasteiger partial charge >= 0.3 is 6.03 Å². The number of urea groups is 1. The first-order chi connectivity index (χ1) is 12.5. The van der Waals surface area contributed by atoms with E-state index in [2.05, 4.69) is 28.6 Å². The van der Waals surface area contributed by atoms with Crippen molar-refractivity contribution in [2.45, 2.75) is 32.9 Å². The zero-order chi connectivity index (χ0) is 18.3. The van der Waals surface area contributed by atoms with Crippen LogP contribution in [0.2, 0.25) is 0 Å². The zero-order valence-electron chi connectivity index (χ0n) is 15.2. The van der Waals surface area contributed by atoms with Crippen molar-refractivity contribution in [3.63, 3.8) is 0 Å². The van der Waals surface area contributed by atoms with E-state index < -0.39 is 0 Å². The number of thiophene rings is 1. The van der Waals surface area contributed by atoms with Crippen molar-refractivity contribution in [2.24, 2.45) is 0 Å². The summed E-state index contributed by atoms with van der Waals surface area (Å²) in [4.78, 5) is 18.0. The van der Waals surface area contributed by atoms with Crippen LogP contribution in [0.5, 0.6) is 0 Å². The maximum atomic E-state index is 13.2. The molecule has 1 aliphatic heterocycles. The molecule has 0 spiro atoms. The molecule has 0 aliphatic carbocycles. The number of H-pyrrole nitrogens is 1. The molecular weight excluding hydrogens is 344 g/mol. The predicted octanol–water partition coefficient (Wildman–Crippen LogP) is 4.45. The fourth-order valence-corrected chi connectivity index (χ4v) is 4.23. The third-order valence-corrected chi connectivity index (χ3v) is 5.87. The first-order valence-corrected chi connectivity index (χ1v) is 9.63. The molecule has 1 N–H and O–H groups in total. The SMILES string of the molecule is Cc1cccc(N(C)C(=O)N2Cc3c(-c4cccs4)n[nH]c3CC2C)c1. The summed E-state index contributed by atoms with van der Waals surface area (Å²) in [6.45, 7) is 4.71. The van der Waals surface area contributed by atoms with Crippen molar-refractivity contribution < 1.29 is 4.79 Å². The van der Waals surface area contributed by atoms with Gasteiger partial charge in [0.05, 0.1) is 11.4 Å². The summed E-state index contributed by atoms with van der Waals surface area (Å²) in [6, 6.07) is 12.3. The third-order valence-electron chi connectivity index (χ3n) is 4.99. The van der Waals surface area contributed by atoms with Gasteiger partial charge < -0.3 is 4.90 Å². The lowest BCUT2D eigenvalue weighted by Gasteiger charge is -2.36. The highest BCUT2D eigenvalue weighted by molar-refractivity contribution is 7.13. The van der Waals surface area contributed by atoms with Crippen molar-refractivity contribution >= 4 is 23.1 Å². The van der Waals surface area contributed by atoms with E-state index in [0.29, 0.717) is 6.54 Å². The monoisotopic (exact) mass is 366 g/mol. The third kappa shape index (κ3) is 2.90. The van der Waals surface area contributed by atoms with Crippen molar-refractivity contribution in [1.82, 2.24) is 15.1 Å².